The van der Waals surface area contributed by atoms with Gasteiger partial charge in [0.25, 0.3) is 5.91 Å². The lowest BCUT2D eigenvalue weighted by Crippen LogP contribution is -2.49. The smallest absolute Gasteiger partial charge is 0.251 e. The summed E-state index contributed by atoms with van der Waals surface area (Å²) in [5.74, 6) is -0.0754. The summed E-state index contributed by atoms with van der Waals surface area (Å²) in [6, 6.07) is 7.56. The van der Waals surface area contributed by atoms with E-state index in [4.69, 9.17) is 5.73 Å². The van der Waals surface area contributed by atoms with Crippen LogP contribution in [0, 0.1) is 12.8 Å². The molecule has 0 saturated carbocycles. The summed E-state index contributed by atoms with van der Waals surface area (Å²) in [7, 11) is 0. The minimum atomic E-state index is -0.159. The number of amides is 2. The minimum Gasteiger partial charge on any atom is -0.349 e. The van der Waals surface area contributed by atoms with Crippen molar-refractivity contribution in [3.8, 4) is 0 Å². The summed E-state index contributed by atoms with van der Waals surface area (Å²) in [5, 5.41) is 3.09. The quantitative estimate of drug-likeness (QED) is 0.870. The van der Waals surface area contributed by atoms with Crippen LogP contribution < -0.4 is 11.1 Å². The maximum absolute atomic E-state index is 12.3. The van der Waals surface area contributed by atoms with E-state index in [1.54, 1.807) is 0 Å². The summed E-state index contributed by atoms with van der Waals surface area (Å²) in [5.41, 5.74) is 7.51. The molecule has 1 fully saturated rings. The molecular formula is C18H28ClN3O2. The number of benzene rings is 1. The van der Waals surface area contributed by atoms with Crippen molar-refractivity contribution in [1.82, 2.24) is 10.2 Å². The topological polar surface area (TPSA) is 75.4 Å². The second-order valence-electron chi connectivity index (χ2n) is 6.54. The molecule has 6 heteroatoms. The fraction of sp³-hybridized carbons (Fsp3) is 0.556. The summed E-state index contributed by atoms with van der Waals surface area (Å²) >= 11 is 0. The molecule has 0 spiro atoms. The molecule has 2 amide bonds. The normalized spacial score (nSPS) is 17.6. The van der Waals surface area contributed by atoms with E-state index in [1.165, 1.54) is 0 Å². The highest BCUT2D eigenvalue weighted by Gasteiger charge is 2.28. The van der Waals surface area contributed by atoms with Gasteiger partial charge in [0.1, 0.15) is 0 Å². The zero-order valence-electron chi connectivity index (χ0n) is 14.6. The number of nitrogens with zero attached hydrogens (tertiary/aromatic N) is 1. The van der Waals surface area contributed by atoms with E-state index in [0.29, 0.717) is 13.1 Å². The Morgan fingerprint density at radius 3 is 2.33 bits per heavy atom. The molecule has 0 radical (unpaired) electrons. The third-order valence-corrected chi connectivity index (χ3v) is 4.71. The second-order valence-corrected chi connectivity index (χ2v) is 6.54. The average molecular weight is 354 g/mol. The number of aryl methyl sites for hydroxylation is 1. The number of piperidine rings is 1. The second kappa shape index (κ2) is 9.04. The monoisotopic (exact) mass is 353 g/mol. The maximum Gasteiger partial charge on any atom is 0.251 e. The number of hydrogen-bond acceptors (Lipinski definition) is 3. The van der Waals surface area contributed by atoms with Gasteiger partial charge in [0.05, 0.1) is 5.92 Å². The Labute approximate surface area is 150 Å². The van der Waals surface area contributed by atoms with Gasteiger partial charge in [-0.2, -0.15) is 0 Å². The first kappa shape index (κ1) is 20.5. The average Bonchev–Trinajstić information content (AvgIpc) is 2.54. The molecule has 5 nitrogen and oxygen atoms in total. The van der Waals surface area contributed by atoms with Crippen molar-refractivity contribution in [2.24, 2.45) is 11.7 Å². The number of hydrogen-bond donors (Lipinski definition) is 2. The van der Waals surface area contributed by atoms with Crippen molar-refractivity contribution in [2.75, 3.05) is 13.1 Å². The van der Waals surface area contributed by atoms with Crippen LogP contribution in [0.4, 0.5) is 0 Å². The predicted octanol–water partition coefficient (Wildman–Crippen LogP) is 2.12. The van der Waals surface area contributed by atoms with E-state index in [9.17, 15) is 9.59 Å². The van der Waals surface area contributed by atoms with Gasteiger partial charge in [0.15, 0.2) is 0 Å². The molecule has 1 aliphatic rings. The van der Waals surface area contributed by atoms with Gasteiger partial charge in [-0.15, -0.1) is 12.4 Å². The van der Waals surface area contributed by atoms with E-state index < -0.39 is 0 Å². The molecule has 1 saturated heterocycles. The van der Waals surface area contributed by atoms with Crippen molar-refractivity contribution >= 4 is 24.2 Å². The first-order valence-corrected chi connectivity index (χ1v) is 8.31. The molecule has 1 heterocycles. The Morgan fingerprint density at radius 2 is 1.79 bits per heavy atom. The van der Waals surface area contributed by atoms with Gasteiger partial charge < -0.3 is 16.0 Å². The van der Waals surface area contributed by atoms with Crippen molar-refractivity contribution < 1.29 is 9.59 Å². The summed E-state index contributed by atoms with van der Waals surface area (Å²) in [4.78, 5) is 26.5. The van der Waals surface area contributed by atoms with Crippen molar-refractivity contribution in [1.29, 1.82) is 0 Å². The zero-order valence-corrected chi connectivity index (χ0v) is 15.4. The Bertz CT molecular complexity index is 569. The largest absolute Gasteiger partial charge is 0.349 e. The Kier molecular flexibility index (Phi) is 7.70. The molecule has 2 rings (SSSR count). The lowest BCUT2D eigenvalue weighted by atomic mass is 9.99. The SMILES string of the molecule is Cc1ccccc1C(=O)NC1CCN(C(=O)C(C)C(C)N)CC1.Cl. The third-order valence-electron chi connectivity index (χ3n) is 4.71. The molecule has 0 bridgehead atoms. The van der Waals surface area contributed by atoms with Crippen LogP contribution in [-0.4, -0.2) is 41.9 Å². The molecule has 1 aromatic rings. The van der Waals surface area contributed by atoms with E-state index in [2.05, 4.69) is 5.32 Å². The number of likely N-dealkylation sites (tertiary alicyclic amines) is 1. The van der Waals surface area contributed by atoms with Gasteiger partial charge in [-0.05, 0) is 38.3 Å². The number of carbonyl (C=O) groups excluding carboxylic acids is 2. The van der Waals surface area contributed by atoms with Crippen LogP contribution in [0.15, 0.2) is 24.3 Å². The van der Waals surface area contributed by atoms with Crippen LogP contribution >= 0.6 is 12.4 Å². The minimum absolute atomic E-state index is 0. The van der Waals surface area contributed by atoms with Crippen LogP contribution in [0.2, 0.25) is 0 Å². The fourth-order valence-electron chi connectivity index (χ4n) is 2.85. The Morgan fingerprint density at radius 1 is 1.21 bits per heavy atom. The molecule has 24 heavy (non-hydrogen) atoms. The van der Waals surface area contributed by atoms with Gasteiger partial charge in [0, 0.05) is 30.7 Å². The first-order chi connectivity index (χ1) is 10.9. The van der Waals surface area contributed by atoms with Gasteiger partial charge in [-0.3, -0.25) is 9.59 Å². The predicted molar refractivity (Wildman–Crippen MR) is 98.3 cm³/mol. The Hall–Kier alpha value is -1.59. The van der Waals surface area contributed by atoms with Crippen molar-refractivity contribution in [3.05, 3.63) is 35.4 Å². The highest BCUT2D eigenvalue weighted by molar-refractivity contribution is 5.95. The Balaban J connectivity index is 0.00000288. The van der Waals surface area contributed by atoms with Gasteiger partial charge in [0.2, 0.25) is 5.91 Å². The lowest BCUT2D eigenvalue weighted by Gasteiger charge is -2.34. The maximum atomic E-state index is 12.3. The van der Waals surface area contributed by atoms with Crippen molar-refractivity contribution in [2.45, 2.75) is 45.7 Å². The van der Waals surface area contributed by atoms with Crippen molar-refractivity contribution in [3.63, 3.8) is 0 Å². The highest BCUT2D eigenvalue weighted by Crippen LogP contribution is 2.16. The molecule has 3 N–H and O–H groups in total. The molecule has 0 aromatic heterocycles. The first-order valence-electron chi connectivity index (χ1n) is 8.31. The zero-order chi connectivity index (χ0) is 17.0. The molecule has 1 aliphatic heterocycles. The highest BCUT2D eigenvalue weighted by atomic mass is 35.5. The van der Waals surface area contributed by atoms with E-state index >= 15 is 0 Å². The lowest BCUT2D eigenvalue weighted by molar-refractivity contribution is -0.136. The summed E-state index contributed by atoms with van der Waals surface area (Å²) < 4.78 is 0. The van der Waals surface area contributed by atoms with E-state index in [1.807, 2.05) is 49.9 Å². The molecule has 1 aromatic carbocycles. The molecule has 0 aliphatic carbocycles. The van der Waals surface area contributed by atoms with E-state index in [-0.39, 0.29) is 42.2 Å². The fourth-order valence-corrected chi connectivity index (χ4v) is 2.85. The standard InChI is InChI=1S/C18H27N3O2.ClH/c1-12-6-4-5-7-16(12)17(22)20-15-8-10-21(11-9-15)18(23)13(2)14(3)19;/h4-7,13-15H,8-11,19H2,1-3H3,(H,20,22);1H. The number of halogens is 1. The molecule has 2 unspecified atom stereocenters. The van der Waals surface area contributed by atoms with E-state index in [0.717, 1.165) is 24.0 Å². The van der Waals surface area contributed by atoms with Gasteiger partial charge in [-0.1, -0.05) is 25.1 Å². The van der Waals surface area contributed by atoms with Gasteiger partial charge in [-0.25, -0.2) is 0 Å². The number of carbonyl (C=O) groups is 2. The number of rotatable bonds is 4. The van der Waals surface area contributed by atoms with Crippen LogP contribution in [0.5, 0.6) is 0 Å². The summed E-state index contributed by atoms with van der Waals surface area (Å²) in [6.45, 7) is 7.02. The summed E-state index contributed by atoms with van der Waals surface area (Å²) in [6.07, 6.45) is 1.57. The number of nitrogens with one attached hydrogen (secondary N) is 1. The van der Waals surface area contributed by atoms with Crippen LogP contribution in [0.3, 0.4) is 0 Å². The molecule has 2 atom stereocenters. The molecular weight excluding hydrogens is 326 g/mol. The third kappa shape index (κ3) is 4.95. The van der Waals surface area contributed by atoms with Crippen LogP contribution in [0.1, 0.15) is 42.6 Å². The molecule has 134 valence electrons. The number of nitrogens with two attached hydrogens (primary N) is 1. The van der Waals surface area contributed by atoms with Crippen LogP contribution in [0.25, 0.3) is 0 Å². The van der Waals surface area contributed by atoms with Gasteiger partial charge >= 0.3 is 0 Å². The van der Waals surface area contributed by atoms with Crippen LogP contribution in [-0.2, 0) is 4.79 Å².